The van der Waals surface area contributed by atoms with Gasteiger partial charge in [-0.1, -0.05) is 82.0 Å². The van der Waals surface area contributed by atoms with Gasteiger partial charge in [0.25, 0.3) is 0 Å². The molecule has 0 heterocycles. The Kier molecular flexibility index (Phi) is 11.2. The van der Waals surface area contributed by atoms with Gasteiger partial charge in [-0.3, -0.25) is 4.99 Å². The van der Waals surface area contributed by atoms with Gasteiger partial charge in [0, 0.05) is 7.05 Å². The van der Waals surface area contributed by atoms with Crippen LogP contribution in [0.5, 0.6) is 0 Å². The quantitative estimate of drug-likeness (QED) is 0.274. The molecule has 0 saturated carbocycles. The van der Waals surface area contributed by atoms with E-state index in [4.69, 9.17) is 0 Å². The van der Waals surface area contributed by atoms with Crippen molar-refractivity contribution in [2.75, 3.05) is 13.7 Å². The smallest absolute Gasteiger partial charge is 0.0638 e. The molecule has 2 heteroatoms. The van der Waals surface area contributed by atoms with Crippen LogP contribution in [0, 0.1) is 0 Å². The maximum absolute atomic E-state index is 4.37. The van der Waals surface area contributed by atoms with Gasteiger partial charge in [0.1, 0.15) is 0 Å². The number of hydrogen-bond acceptors (Lipinski definition) is 1. The number of hydrogen-bond donors (Lipinski definition) is 0. The summed E-state index contributed by atoms with van der Waals surface area (Å²) in [6, 6.07) is 0. The molecule has 25 heavy (non-hydrogen) atoms. The molecule has 0 aromatic heterocycles. The van der Waals surface area contributed by atoms with E-state index >= 15 is 0 Å². The van der Waals surface area contributed by atoms with Crippen LogP contribution in [0.3, 0.4) is 0 Å². The van der Waals surface area contributed by atoms with Gasteiger partial charge in [0.05, 0.1) is 5.71 Å². The van der Waals surface area contributed by atoms with Gasteiger partial charge in [0.2, 0.25) is 0 Å². The zero-order valence-electron chi connectivity index (χ0n) is 15.7. The molecule has 0 aromatic carbocycles. The molecule has 0 amide bonds. The molecule has 0 fully saturated rings. The van der Waals surface area contributed by atoms with Crippen molar-refractivity contribution in [1.29, 1.82) is 0 Å². The molecule has 1 nitrogen and oxygen atoms in total. The first kappa shape index (κ1) is 21.1. The van der Waals surface area contributed by atoms with Crippen LogP contribution in [-0.4, -0.2) is 19.4 Å². The molecule has 1 unspecified atom stereocenters. The Bertz CT molecular complexity index is 664. The van der Waals surface area contributed by atoms with Crippen molar-refractivity contribution in [1.82, 2.24) is 0 Å². The molecule has 1 rings (SSSR count). The first-order valence-corrected chi connectivity index (χ1v) is 10.2. The van der Waals surface area contributed by atoms with Gasteiger partial charge in [-0.25, -0.2) is 0 Å². The van der Waals surface area contributed by atoms with E-state index in [0.717, 1.165) is 39.1 Å². The third-order valence-electron chi connectivity index (χ3n) is 3.67. The minimum absolute atomic E-state index is 0.755. The van der Waals surface area contributed by atoms with Crippen molar-refractivity contribution < 1.29 is 0 Å². The normalized spacial score (nSPS) is 23.3. The fraction of sp³-hybridized carbons (Fsp3) is 0.261. The number of rotatable bonds is 7. The Morgan fingerprint density at radius 1 is 1.24 bits per heavy atom. The van der Waals surface area contributed by atoms with E-state index < -0.39 is 0 Å². The van der Waals surface area contributed by atoms with E-state index in [1.807, 2.05) is 32.2 Å². The van der Waals surface area contributed by atoms with Crippen molar-refractivity contribution in [3.63, 3.8) is 0 Å². The van der Waals surface area contributed by atoms with Crippen LogP contribution in [0.1, 0.15) is 26.2 Å². The van der Waals surface area contributed by atoms with E-state index in [2.05, 4.69) is 72.9 Å². The second kappa shape index (κ2) is 13.3. The summed E-state index contributed by atoms with van der Waals surface area (Å²) >= 11 is 0. The Labute approximate surface area is 155 Å². The summed E-state index contributed by atoms with van der Waals surface area (Å²) in [5.41, 5.74) is 3.44. The third kappa shape index (κ3) is 9.17. The highest BCUT2D eigenvalue weighted by atomic mass is 31.1. The fourth-order valence-electron chi connectivity index (χ4n) is 2.32. The van der Waals surface area contributed by atoms with E-state index in [0.29, 0.717) is 0 Å². The molecule has 0 aromatic rings. The third-order valence-corrected chi connectivity index (χ3v) is 4.67. The van der Waals surface area contributed by atoms with Gasteiger partial charge in [-0.05, 0) is 55.4 Å². The molecule has 0 aliphatic heterocycles. The van der Waals surface area contributed by atoms with Crippen LogP contribution >= 0.6 is 8.58 Å². The second-order valence-electron chi connectivity index (χ2n) is 5.60. The van der Waals surface area contributed by atoms with E-state index in [9.17, 15) is 0 Å². The van der Waals surface area contributed by atoms with Gasteiger partial charge in [0.15, 0.2) is 0 Å². The van der Waals surface area contributed by atoms with Crippen molar-refractivity contribution in [3.8, 4) is 0 Å². The summed E-state index contributed by atoms with van der Waals surface area (Å²) in [5.74, 6) is 0. The molecule has 0 saturated heterocycles. The summed E-state index contributed by atoms with van der Waals surface area (Å²) in [4.78, 5) is 4.37. The number of allylic oxidation sites excluding steroid dienone is 15. The monoisotopic (exact) mass is 351 g/mol. The molecule has 1 atom stereocenters. The molecular formula is C23H30NP. The number of nitrogens with zero attached hydrogens (tertiary/aromatic N) is 1. The lowest BCUT2D eigenvalue weighted by Gasteiger charge is -2.03. The molecule has 0 radical (unpaired) electrons. The summed E-state index contributed by atoms with van der Waals surface area (Å²) in [7, 11) is 2.61. The predicted octanol–water partition coefficient (Wildman–Crippen LogP) is 6.72. The van der Waals surface area contributed by atoms with Gasteiger partial charge < -0.3 is 0 Å². The summed E-state index contributed by atoms with van der Waals surface area (Å²) in [6.45, 7) is 8.26. The minimum atomic E-state index is 0.755. The molecule has 0 bridgehead atoms. The van der Waals surface area contributed by atoms with Crippen LogP contribution in [0.25, 0.3) is 0 Å². The molecular weight excluding hydrogens is 321 g/mol. The van der Waals surface area contributed by atoms with E-state index in [-0.39, 0.29) is 0 Å². The Morgan fingerprint density at radius 3 is 2.80 bits per heavy atom. The average molecular weight is 351 g/mol. The van der Waals surface area contributed by atoms with E-state index in [1.54, 1.807) is 0 Å². The standard InChI is InChI=1S/C23H30NP/c1-5-13-22(24-3)23(25-4)17-12-8-11-16-21-15-10-7-6-9-14-20(2)18-19-21/h5-9,11,13-15,17-19,25H,2,10,12,16H2,1,3-4H3/b7-6-,11-8?,13-5-,14-9-,19-18-,21-15-,23-17-,24-22?. The summed E-state index contributed by atoms with van der Waals surface area (Å²) < 4.78 is 0. The van der Waals surface area contributed by atoms with Gasteiger partial charge in [-0.15, -0.1) is 0 Å². The van der Waals surface area contributed by atoms with Gasteiger partial charge in [-0.2, -0.15) is 0 Å². The maximum atomic E-state index is 4.37. The van der Waals surface area contributed by atoms with Crippen LogP contribution in [0.15, 0.2) is 101 Å². The molecule has 1 aliphatic rings. The highest BCUT2D eigenvalue weighted by Crippen LogP contribution is 2.22. The van der Waals surface area contributed by atoms with Gasteiger partial charge >= 0.3 is 0 Å². The SMILES string of the molecule is C=C1/C=C\C=C/C/C=C(CC=CC/C=C(\PC)C(/C=C\C)=NC)\C=C/1. The predicted molar refractivity (Wildman–Crippen MR) is 118 cm³/mol. The second-order valence-corrected chi connectivity index (χ2v) is 6.64. The highest BCUT2D eigenvalue weighted by Gasteiger charge is 1.99. The lowest BCUT2D eigenvalue weighted by Crippen LogP contribution is -1.94. The summed E-state index contributed by atoms with van der Waals surface area (Å²) in [5, 5.41) is 1.33. The van der Waals surface area contributed by atoms with Crippen molar-refractivity contribution in [3.05, 3.63) is 96.0 Å². The fourth-order valence-corrected chi connectivity index (χ4v) is 3.10. The average Bonchev–Trinajstić information content (AvgIpc) is 2.63. The van der Waals surface area contributed by atoms with Crippen LogP contribution in [0.4, 0.5) is 0 Å². The zero-order valence-corrected chi connectivity index (χ0v) is 16.7. The zero-order chi connectivity index (χ0) is 18.3. The minimum Gasteiger partial charge on any atom is -0.288 e. The topological polar surface area (TPSA) is 12.4 Å². The van der Waals surface area contributed by atoms with Crippen LogP contribution in [-0.2, 0) is 0 Å². The summed E-state index contributed by atoms with van der Waals surface area (Å²) in [6.07, 6.45) is 28.6. The Balaban J connectivity index is 2.65. The molecule has 0 N–H and O–H groups in total. The highest BCUT2D eigenvalue weighted by molar-refractivity contribution is 7.44. The molecule has 0 spiro atoms. The van der Waals surface area contributed by atoms with Crippen molar-refractivity contribution in [2.24, 2.45) is 4.99 Å². The van der Waals surface area contributed by atoms with Crippen molar-refractivity contribution >= 4 is 14.3 Å². The number of aliphatic imine (C=N–C) groups is 1. The van der Waals surface area contributed by atoms with Crippen LogP contribution < -0.4 is 0 Å². The lowest BCUT2D eigenvalue weighted by molar-refractivity contribution is 1.21. The van der Waals surface area contributed by atoms with Crippen LogP contribution in [0.2, 0.25) is 0 Å². The van der Waals surface area contributed by atoms with E-state index in [1.165, 1.54) is 10.9 Å². The van der Waals surface area contributed by atoms with Crippen molar-refractivity contribution in [2.45, 2.75) is 26.2 Å². The molecule has 132 valence electrons. The largest absolute Gasteiger partial charge is 0.288 e. The lowest BCUT2D eigenvalue weighted by atomic mass is 10.1. The Hall–Kier alpha value is -1.98. The Morgan fingerprint density at radius 2 is 2.08 bits per heavy atom. The first-order valence-electron chi connectivity index (χ1n) is 8.73. The molecule has 1 aliphatic carbocycles. The maximum Gasteiger partial charge on any atom is 0.0638 e. The first-order chi connectivity index (χ1) is 12.2.